The lowest BCUT2D eigenvalue weighted by Gasteiger charge is -1.98. The average molecular weight is 218 g/mol. The highest BCUT2D eigenvalue weighted by molar-refractivity contribution is 7.18. The summed E-state index contributed by atoms with van der Waals surface area (Å²) in [5.41, 5.74) is 8.19. The molecule has 0 aliphatic carbocycles. The molecule has 76 valence electrons. The Kier molecular flexibility index (Phi) is 2.51. The fraction of sp³-hybridized carbons (Fsp3) is 0.0909. The van der Waals surface area contributed by atoms with E-state index >= 15 is 0 Å². The molecule has 0 saturated heterocycles. The van der Waals surface area contributed by atoms with Gasteiger partial charge in [0.25, 0.3) is 0 Å². The molecule has 1 aromatic carbocycles. The van der Waals surface area contributed by atoms with Gasteiger partial charge in [-0.2, -0.15) is 0 Å². The van der Waals surface area contributed by atoms with Gasteiger partial charge in [0.1, 0.15) is 6.29 Å². The molecular formula is C11H10N2OS. The Hall–Kier alpha value is -1.68. The number of aldehydes is 1. The Labute approximate surface area is 91.6 Å². The number of benzene rings is 1. The number of aryl methyl sites for hydroxylation is 1. The van der Waals surface area contributed by atoms with Crippen molar-refractivity contribution in [3.8, 4) is 10.4 Å². The Balaban J connectivity index is 2.53. The number of nitrogens with two attached hydrogens (primary N) is 1. The summed E-state index contributed by atoms with van der Waals surface area (Å²) in [5.74, 6) is 0. The third kappa shape index (κ3) is 1.89. The molecule has 0 fully saturated rings. The van der Waals surface area contributed by atoms with Gasteiger partial charge in [-0.15, -0.1) is 0 Å². The SMILES string of the molecule is Cc1nc(N)sc1-c1cccc(C=O)c1. The average Bonchev–Trinajstić information content (AvgIpc) is 2.58. The Morgan fingerprint density at radius 2 is 2.27 bits per heavy atom. The normalized spacial score (nSPS) is 10.2. The molecule has 0 radical (unpaired) electrons. The standard InChI is InChI=1S/C11H10N2OS/c1-7-10(15-11(12)13-7)9-4-2-3-8(5-9)6-14/h2-6H,1H3,(H2,12,13). The van der Waals surface area contributed by atoms with Crippen molar-refractivity contribution in [1.29, 1.82) is 0 Å². The highest BCUT2D eigenvalue weighted by atomic mass is 32.1. The van der Waals surface area contributed by atoms with Crippen LogP contribution in [0.3, 0.4) is 0 Å². The van der Waals surface area contributed by atoms with Crippen molar-refractivity contribution < 1.29 is 4.79 Å². The van der Waals surface area contributed by atoms with E-state index in [2.05, 4.69) is 4.98 Å². The molecule has 2 rings (SSSR count). The molecule has 0 aliphatic heterocycles. The van der Waals surface area contributed by atoms with Crippen LogP contribution in [0.25, 0.3) is 10.4 Å². The topological polar surface area (TPSA) is 56.0 Å². The monoisotopic (exact) mass is 218 g/mol. The van der Waals surface area contributed by atoms with E-state index in [1.807, 2.05) is 25.1 Å². The van der Waals surface area contributed by atoms with Gasteiger partial charge in [-0.3, -0.25) is 4.79 Å². The number of nitrogens with zero attached hydrogens (tertiary/aromatic N) is 1. The van der Waals surface area contributed by atoms with E-state index in [1.54, 1.807) is 6.07 Å². The number of carbonyl (C=O) groups excluding carboxylic acids is 1. The second-order valence-electron chi connectivity index (χ2n) is 3.21. The first-order valence-corrected chi connectivity index (χ1v) is 5.31. The molecule has 0 spiro atoms. The van der Waals surface area contributed by atoms with Crippen LogP contribution in [0.15, 0.2) is 24.3 Å². The largest absolute Gasteiger partial charge is 0.375 e. The number of nitrogen functional groups attached to an aromatic ring is 1. The minimum absolute atomic E-state index is 0.555. The number of rotatable bonds is 2. The van der Waals surface area contributed by atoms with Crippen molar-refractivity contribution >= 4 is 22.8 Å². The van der Waals surface area contributed by atoms with Gasteiger partial charge in [-0.05, 0) is 18.6 Å². The first kappa shape index (κ1) is 9.86. The molecule has 0 atom stereocenters. The third-order valence-electron chi connectivity index (χ3n) is 2.10. The summed E-state index contributed by atoms with van der Waals surface area (Å²) in [5, 5.41) is 0.555. The number of hydrogen-bond donors (Lipinski definition) is 1. The molecule has 2 N–H and O–H groups in total. The molecule has 3 nitrogen and oxygen atoms in total. The molecule has 0 aliphatic rings. The summed E-state index contributed by atoms with van der Waals surface area (Å²) in [6.07, 6.45) is 0.837. The maximum Gasteiger partial charge on any atom is 0.180 e. The summed E-state index contributed by atoms with van der Waals surface area (Å²) in [4.78, 5) is 15.8. The van der Waals surface area contributed by atoms with E-state index in [-0.39, 0.29) is 0 Å². The van der Waals surface area contributed by atoms with E-state index in [1.165, 1.54) is 11.3 Å². The van der Waals surface area contributed by atoms with Crippen LogP contribution in [0, 0.1) is 6.92 Å². The summed E-state index contributed by atoms with van der Waals surface area (Å²) in [6.45, 7) is 1.91. The predicted molar refractivity (Wildman–Crippen MR) is 62.1 cm³/mol. The van der Waals surface area contributed by atoms with Gasteiger partial charge in [-0.25, -0.2) is 4.98 Å². The van der Waals surface area contributed by atoms with Crippen LogP contribution in [0.2, 0.25) is 0 Å². The lowest BCUT2D eigenvalue weighted by Crippen LogP contribution is -1.82. The zero-order valence-electron chi connectivity index (χ0n) is 8.23. The van der Waals surface area contributed by atoms with Crippen LogP contribution in [-0.2, 0) is 0 Å². The molecule has 2 aromatic rings. The van der Waals surface area contributed by atoms with Gasteiger partial charge in [-0.1, -0.05) is 29.5 Å². The van der Waals surface area contributed by atoms with E-state index in [0.29, 0.717) is 10.7 Å². The van der Waals surface area contributed by atoms with Crippen LogP contribution in [0.5, 0.6) is 0 Å². The Morgan fingerprint density at radius 3 is 2.87 bits per heavy atom. The number of aromatic nitrogens is 1. The Morgan fingerprint density at radius 1 is 1.47 bits per heavy atom. The zero-order valence-corrected chi connectivity index (χ0v) is 9.04. The number of hydrogen-bond acceptors (Lipinski definition) is 4. The van der Waals surface area contributed by atoms with Crippen LogP contribution in [0.1, 0.15) is 16.1 Å². The zero-order chi connectivity index (χ0) is 10.8. The summed E-state index contributed by atoms with van der Waals surface area (Å²) < 4.78 is 0. The molecule has 1 aromatic heterocycles. The summed E-state index contributed by atoms with van der Waals surface area (Å²) in [7, 11) is 0. The van der Waals surface area contributed by atoms with E-state index < -0.39 is 0 Å². The summed E-state index contributed by atoms with van der Waals surface area (Å²) >= 11 is 1.44. The van der Waals surface area contributed by atoms with Crippen molar-refractivity contribution in [3.63, 3.8) is 0 Å². The first-order valence-electron chi connectivity index (χ1n) is 4.49. The highest BCUT2D eigenvalue weighted by Crippen LogP contribution is 2.31. The number of thiazole rings is 1. The maximum atomic E-state index is 10.6. The Bertz CT molecular complexity index is 505. The third-order valence-corrected chi connectivity index (χ3v) is 3.13. The van der Waals surface area contributed by atoms with Gasteiger partial charge >= 0.3 is 0 Å². The van der Waals surface area contributed by atoms with Crippen molar-refractivity contribution in [2.45, 2.75) is 6.92 Å². The first-order chi connectivity index (χ1) is 7.20. The van der Waals surface area contributed by atoms with Crippen molar-refractivity contribution in [2.24, 2.45) is 0 Å². The molecule has 0 unspecified atom stereocenters. The van der Waals surface area contributed by atoms with Gasteiger partial charge in [0, 0.05) is 5.56 Å². The lowest BCUT2D eigenvalue weighted by atomic mass is 10.1. The van der Waals surface area contributed by atoms with E-state index in [4.69, 9.17) is 5.73 Å². The van der Waals surface area contributed by atoms with E-state index in [9.17, 15) is 4.79 Å². The fourth-order valence-corrected chi connectivity index (χ4v) is 2.27. The smallest absolute Gasteiger partial charge is 0.180 e. The minimum atomic E-state index is 0.555. The van der Waals surface area contributed by atoms with Crippen LogP contribution < -0.4 is 5.73 Å². The minimum Gasteiger partial charge on any atom is -0.375 e. The molecule has 0 saturated carbocycles. The predicted octanol–water partition coefficient (Wildman–Crippen LogP) is 2.51. The van der Waals surface area contributed by atoms with E-state index in [0.717, 1.165) is 22.4 Å². The van der Waals surface area contributed by atoms with Crippen LogP contribution in [0.4, 0.5) is 5.13 Å². The molecule has 0 amide bonds. The van der Waals surface area contributed by atoms with Crippen molar-refractivity contribution in [2.75, 3.05) is 5.73 Å². The quantitative estimate of drug-likeness (QED) is 0.788. The molecule has 1 heterocycles. The van der Waals surface area contributed by atoms with Crippen molar-refractivity contribution in [1.82, 2.24) is 4.98 Å². The number of anilines is 1. The molecule has 4 heteroatoms. The lowest BCUT2D eigenvalue weighted by molar-refractivity contribution is 0.112. The second kappa shape index (κ2) is 3.82. The number of carbonyl (C=O) groups is 1. The van der Waals surface area contributed by atoms with Gasteiger partial charge < -0.3 is 5.73 Å². The second-order valence-corrected chi connectivity index (χ2v) is 4.24. The summed E-state index contributed by atoms with van der Waals surface area (Å²) in [6, 6.07) is 7.42. The highest BCUT2D eigenvalue weighted by Gasteiger charge is 2.07. The fourth-order valence-electron chi connectivity index (χ4n) is 1.44. The van der Waals surface area contributed by atoms with Gasteiger partial charge in [0.2, 0.25) is 0 Å². The molecule has 15 heavy (non-hydrogen) atoms. The van der Waals surface area contributed by atoms with Crippen LogP contribution >= 0.6 is 11.3 Å². The van der Waals surface area contributed by atoms with Gasteiger partial charge in [0.05, 0.1) is 10.6 Å². The van der Waals surface area contributed by atoms with Crippen LogP contribution in [-0.4, -0.2) is 11.3 Å². The maximum absolute atomic E-state index is 10.6. The van der Waals surface area contributed by atoms with Crippen molar-refractivity contribution in [3.05, 3.63) is 35.5 Å². The van der Waals surface area contributed by atoms with Gasteiger partial charge in [0.15, 0.2) is 5.13 Å². The molecule has 0 bridgehead atoms. The molecular weight excluding hydrogens is 208 g/mol.